The van der Waals surface area contributed by atoms with E-state index < -0.39 is 10.5 Å². The van der Waals surface area contributed by atoms with Crippen LogP contribution >= 0.6 is 11.6 Å². The SMILES string of the molecule is CCCNC(C)(C#N)CCOc1ccc([N+](=O)[O-])c(Cl)c1. The van der Waals surface area contributed by atoms with Gasteiger partial charge in [-0.05, 0) is 26.0 Å². The molecule has 7 heteroatoms. The fraction of sp³-hybridized carbons (Fsp3) is 0.500. The highest BCUT2D eigenvalue weighted by atomic mass is 35.5. The number of nitrogens with one attached hydrogen (secondary N) is 1. The molecule has 0 spiro atoms. The van der Waals surface area contributed by atoms with Crippen LogP contribution in [0.5, 0.6) is 5.75 Å². The Balaban J connectivity index is 2.58. The molecule has 6 nitrogen and oxygen atoms in total. The van der Waals surface area contributed by atoms with Crippen LogP contribution in [-0.2, 0) is 0 Å². The zero-order valence-corrected chi connectivity index (χ0v) is 12.8. The van der Waals surface area contributed by atoms with Crippen molar-refractivity contribution in [2.45, 2.75) is 32.2 Å². The Morgan fingerprint density at radius 2 is 2.29 bits per heavy atom. The van der Waals surface area contributed by atoms with Gasteiger partial charge in [0.1, 0.15) is 16.3 Å². The van der Waals surface area contributed by atoms with Gasteiger partial charge in [-0.25, -0.2) is 0 Å². The van der Waals surface area contributed by atoms with Crippen LogP contribution in [0.25, 0.3) is 0 Å². The van der Waals surface area contributed by atoms with Gasteiger partial charge < -0.3 is 4.74 Å². The van der Waals surface area contributed by atoms with Crippen LogP contribution in [0, 0.1) is 21.4 Å². The van der Waals surface area contributed by atoms with Crippen LogP contribution in [0.15, 0.2) is 18.2 Å². The fourth-order valence-corrected chi connectivity index (χ4v) is 1.92. The van der Waals surface area contributed by atoms with E-state index >= 15 is 0 Å². The van der Waals surface area contributed by atoms with Gasteiger partial charge in [0.2, 0.25) is 0 Å². The zero-order valence-electron chi connectivity index (χ0n) is 12.1. The van der Waals surface area contributed by atoms with Crippen molar-refractivity contribution < 1.29 is 9.66 Å². The predicted octanol–water partition coefficient (Wildman–Crippen LogP) is 3.30. The molecule has 0 saturated heterocycles. The summed E-state index contributed by atoms with van der Waals surface area (Å²) in [6.07, 6.45) is 1.44. The van der Waals surface area contributed by atoms with Gasteiger partial charge in [0.25, 0.3) is 5.69 Å². The fourth-order valence-electron chi connectivity index (χ4n) is 1.68. The minimum Gasteiger partial charge on any atom is -0.493 e. The van der Waals surface area contributed by atoms with Gasteiger partial charge in [-0.3, -0.25) is 15.4 Å². The highest BCUT2D eigenvalue weighted by Gasteiger charge is 2.22. The molecule has 0 aromatic heterocycles. The number of nitrogens with zero attached hydrogens (tertiary/aromatic N) is 2. The molecule has 0 aliphatic heterocycles. The van der Waals surface area contributed by atoms with Crippen molar-refractivity contribution in [1.29, 1.82) is 5.26 Å². The summed E-state index contributed by atoms with van der Waals surface area (Å²) in [5, 5.41) is 23.0. The quantitative estimate of drug-likeness (QED) is 0.588. The highest BCUT2D eigenvalue weighted by molar-refractivity contribution is 6.32. The Morgan fingerprint density at radius 1 is 1.57 bits per heavy atom. The lowest BCUT2D eigenvalue weighted by molar-refractivity contribution is -0.384. The number of rotatable bonds is 8. The number of nitro groups is 1. The minimum atomic E-state index is -0.652. The number of ether oxygens (including phenoxy) is 1. The lowest BCUT2D eigenvalue weighted by atomic mass is 10.0. The van der Waals surface area contributed by atoms with Crippen molar-refractivity contribution in [3.05, 3.63) is 33.3 Å². The molecule has 21 heavy (non-hydrogen) atoms. The smallest absolute Gasteiger partial charge is 0.288 e. The summed E-state index contributed by atoms with van der Waals surface area (Å²) in [4.78, 5) is 10.1. The van der Waals surface area contributed by atoms with Crippen LogP contribution in [0.4, 0.5) is 5.69 Å². The molecule has 1 N–H and O–H groups in total. The van der Waals surface area contributed by atoms with Crippen LogP contribution in [0.3, 0.4) is 0 Å². The zero-order chi connectivity index (χ0) is 15.9. The number of hydrogen-bond donors (Lipinski definition) is 1. The van der Waals surface area contributed by atoms with Gasteiger partial charge in [0.15, 0.2) is 0 Å². The Morgan fingerprint density at radius 3 is 2.81 bits per heavy atom. The molecule has 0 aliphatic rings. The molecule has 1 atom stereocenters. The molecule has 0 heterocycles. The monoisotopic (exact) mass is 311 g/mol. The molecule has 0 amide bonds. The van der Waals surface area contributed by atoms with Crippen molar-refractivity contribution in [2.75, 3.05) is 13.2 Å². The normalized spacial score (nSPS) is 13.2. The second-order valence-electron chi connectivity index (χ2n) is 4.84. The van der Waals surface area contributed by atoms with Gasteiger partial charge in [0.05, 0.1) is 17.6 Å². The maximum atomic E-state index is 10.7. The predicted molar refractivity (Wildman–Crippen MR) is 80.5 cm³/mol. The second kappa shape index (κ2) is 7.81. The molecule has 114 valence electrons. The van der Waals surface area contributed by atoms with E-state index in [-0.39, 0.29) is 10.7 Å². The first-order chi connectivity index (χ1) is 9.91. The molecule has 0 radical (unpaired) electrons. The van der Waals surface area contributed by atoms with Gasteiger partial charge >= 0.3 is 0 Å². The van der Waals surface area contributed by atoms with Crippen LogP contribution in [-0.4, -0.2) is 23.6 Å². The summed E-state index contributed by atoms with van der Waals surface area (Å²) < 4.78 is 5.50. The third-order valence-corrected chi connectivity index (χ3v) is 3.30. The van der Waals surface area contributed by atoms with E-state index in [9.17, 15) is 15.4 Å². The maximum absolute atomic E-state index is 10.7. The highest BCUT2D eigenvalue weighted by Crippen LogP contribution is 2.28. The molecule has 0 bridgehead atoms. The molecule has 1 aromatic rings. The van der Waals surface area contributed by atoms with E-state index in [1.54, 1.807) is 0 Å². The van der Waals surface area contributed by atoms with Gasteiger partial charge in [-0.2, -0.15) is 5.26 Å². The van der Waals surface area contributed by atoms with E-state index in [4.69, 9.17) is 16.3 Å². The summed E-state index contributed by atoms with van der Waals surface area (Å²) in [5.74, 6) is 0.446. The Hall–Kier alpha value is -1.84. The second-order valence-corrected chi connectivity index (χ2v) is 5.25. The van der Waals surface area contributed by atoms with Crippen molar-refractivity contribution in [1.82, 2.24) is 5.32 Å². The molecule has 1 aromatic carbocycles. The summed E-state index contributed by atoms with van der Waals surface area (Å²) in [6.45, 7) is 4.91. The third kappa shape index (κ3) is 5.21. The van der Waals surface area contributed by atoms with E-state index in [0.717, 1.165) is 13.0 Å². The minimum absolute atomic E-state index is 0.0321. The molecule has 1 rings (SSSR count). The van der Waals surface area contributed by atoms with E-state index in [0.29, 0.717) is 18.8 Å². The molecule has 0 aliphatic carbocycles. The third-order valence-electron chi connectivity index (χ3n) is 3.00. The first-order valence-electron chi connectivity index (χ1n) is 6.65. The maximum Gasteiger partial charge on any atom is 0.288 e. The first-order valence-corrected chi connectivity index (χ1v) is 7.02. The number of halogens is 1. The van der Waals surface area contributed by atoms with Crippen molar-refractivity contribution >= 4 is 17.3 Å². The van der Waals surface area contributed by atoms with Crippen LogP contribution < -0.4 is 10.1 Å². The Bertz CT molecular complexity index is 545. The van der Waals surface area contributed by atoms with E-state index in [2.05, 4.69) is 11.4 Å². The summed E-state index contributed by atoms with van der Waals surface area (Å²) >= 11 is 5.80. The lowest BCUT2D eigenvalue weighted by Gasteiger charge is -2.23. The Labute approximate surface area is 128 Å². The molecule has 1 unspecified atom stereocenters. The molecular formula is C14H18ClN3O3. The molecule has 0 saturated carbocycles. The van der Waals surface area contributed by atoms with Crippen molar-refractivity contribution in [3.63, 3.8) is 0 Å². The van der Waals surface area contributed by atoms with Crippen molar-refractivity contribution in [3.8, 4) is 11.8 Å². The topological polar surface area (TPSA) is 88.2 Å². The van der Waals surface area contributed by atoms with Crippen LogP contribution in [0.2, 0.25) is 5.02 Å². The van der Waals surface area contributed by atoms with Gasteiger partial charge in [0, 0.05) is 18.6 Å². The van der Waals surface area contributed by atoms with Gasteiger partial charge in [-0.1, -0.05) is 18.5 Å². The number of nitriles is 1. The van der Waals surface area contributed by atoms with E-state index in [1.807, 2.05) is 13.8 Å². The average Bonchev–Trinajstić information content (AvgIpc) is 2.45. The summed E-state index contributed by atoms with van der Waals surface area (Å²) in [7, 11) is 0. The summed E-state index contributed by atoms with van der Waals surface area (Å²) in [6, 6.07) is 6.43. The van der Waals surface area contributed by atoms with Crippen molar-refractivity contribution in [2.24, 2.45) is 0 Å². The number of nitro benzene ring substituents is 1. The first kappa shape index (κ1) is 17.2. The largest absolute Gasteiger partial charge is 0.493 e. The lowest BCUT2D eigenvalue weighted by Crippen LogP contribution is -2.42. The summed E-state index contributed by atoms with van der Waals surface area (Å²) in [5.41, 5.74) is -0.809. The Kier molecular flexibility index (Phi) is 6.40. The van der Waals surface area contributed by atoms with E-state index in [1.165, 1.54) is 18.2 Å². The molecular weight excluding hydrogens is 294 g/mol. The standard InChI is InChI=1S/C14H18ClN3O3/c1-3-7-17-14(2,10-16)6-8-21-11-4-5-13(18(19)20)12(15)9-11/h4-5,9,17H,3,6-8H2,1-2H3. The van der Waals surface area contributed by atoms with Gasteiger partial charge in [-0.15, -0.1) is 0 Å². The molecule has 0 fully saturated rings. The number of hydrogen-bond acceptors (Lipinski definition) is 5. The number of benzene rings is 1. The average molecular weight is 312 g/mol. The van der Waals surface area contributed by atoms with Crippen LogP contribution in [0.1, 0.15) is 26.7 Å².